The Balaban J connectivity index is 0.000000302. The Morgan fingerprint density at radius 1 is 1.32 bits per heavy atom. The zero-order valence-corrected chi connectivity index (χ0v) is 20.3. The molecule has 34 heavy (non-hydrogen) atoms. The van der Waals surface area contributed by atoms with Crippen molar-refractivity contribution < 1.29 is 23.1 Å². The second-order valence-electron chi connectivity index (χ2n) is 8.30. The highest BCUT2D eigenvalue weighted by Gasteiger charge is 2.44. The van der Waals surface area contributed by atoms with E-state index in [4.69, 9.17) is 26.7 Å². The van der Waals surface area contributed by atoms with Gasteiger partial charge in [0, 0.05) is 13.2 Å². The maximum atomic E-state index is 12.9. The number of rotatable bonds is 5. The van der Waals surface area contributed by atoms with Crippen LogP contribution in [0.4, 0.5) is 4.79 Å². The monoisotopic (exact) mass is 508 g/mol. The molecule has 0 aliphatic heterocycles. The predicted molar refractivity (Wildman–Crippen MR) is 124 cm³/mol. The molecule has 2 aliphatic rings. The van der Waals surface area contributed by atoms with Crippen molar-refractivity contribution in [3.63, 3.8) is 0 Å². The number of nitrogens with zero attached hydrogens (tertiary/aromatic N) is 3. The van der Waals surface area contributed by atoms with Crippen LogP contribution in [0.3, 0.4) is 0 Å². The summed E-state index contributed by atoms with van der Waals surface area (Å²) in [6.45, 7) is 1.77. The third-order valence-electron chi connectivity index (χ3n) is 5.82. The number of amides is 1. The summed E-state index contributed by atoms with van der Waals surface area (Å²) in [6, 6.07) is 9.38. The number of sulfone groups is 1. The number of hydrogen-bond acceptors (Lipinski definition) is 7. The van der Waals surface area contributed by atoms with Crippen LogP contribution in [0.1, 0.15) is 37.8 Å². The van der Waals surface area contributed by atoms with Gasteiger partial charge in [0.25, 0.3) is 5.56 Å². The van der Waals surface area contributed by atoms with E-state index < -0.39 is 26.7 Å². The summed E-state index contributed by atoms with van der Waals surface area (Å²) in [5, 5.41) is 22.4. The number of carboxylic acid groups (broad SMARTS) is 1. The van der Waals surface area contributed by atoms with Crippen molar-refractivity contribution in [3.8, 4) is 11.8 Å². The lowest BCUT2D eigenvalue weighted by Gasteiger charge is -2.14. The van der Waals surface area contributed by atoms with Crippen LogP contribution < -0.4 is 10.9 Å². The molecule has 2 aromatic rings. The van der Waals surface area contributed by atoms with E-state index in [1.165, 1.54) is 22.9 Å². The molecule has 1 amide bonds. The number of carbonyl (C=O) groups is 1. The fourth-order valence-corrected chi connectivity index (χ4v) is 6.07. The zero-order chi connectivity index (χ0) is 25.1. The number of ether oxygens (including phenoxy) is 1. The topological polar surface area (TPSA) is 151 Å². The van der Waals surface area contributed by atoms with Gasteiger partial charge in [-0.2, -0.15) is 15.0 Å². The molecule has 0 saturated heterocycles. The van der Waals surface area contributed by atoms with Gasteiger partial charge in [0.15, 0.2) is 9.84 Å². The number of hydrogen-bond donors (Lipinski definition) is 2. The van der Waals surface area contributed by atoms with Crippen LogP contribution in [0.15, 0.2) is 40.0 Å². The normalized spacial score (nSPS) is 20.5. The molecule has 0 unspecified atom stereocenters. The lowest BCUT2D eigenvalue weighted by atomic mass is 10.3. The number of aryl methyl sites for hydroxylation is 1. The van der Waals surface area contributed by atoms with Crippen molar-refractivity contribution in [2.45, 2.75) is 60.8 Å². The van der Waals surface area contributed by atoms with Crippen molar-refractivity contribution in [2.24, 2.45) is 0 Å². The molecule has 2 fully saturated rings. The highest BCUT2D eigenvalue weighted by molar-refractivity contribution is 7.92. The molecule has 4 rings (SSSR count). The number of nitriles is 1. The second-order valence-corrected chi connectivity index (χ2v) is 10.9. The smallest absolute Gasteiger partial charge is 0.405 e. The van der Waals surface area contributed by atoms with Gasteiger partial charge in [0.1, 0.15) is 5.54 Å². The van der Waals surface area contributed by atoms with Crippen LogP contribution in [-0.2, 0) is 14.6 Å². The fraction of sp³-hybridized carbons (Fsp3) is 0.455. The Hall–Kier alpha value is -2.94. The van der Waals surface area contributed by atoms with Gasteiger partial charge < -0.3 is 15.2 Å². The average molecular weight is 509 g/mol. The van der Waals surface area contributed by atoms with Gasteiger partial charge in [-0.1, -0.05) is 11.6 Å². The fourth-order valence-electron chi connectivity index (χ4n) is 3.71. The molecular weight excluding hydrogens is 484 g/mol. The van der Waals surface area contributed by atoms with Crippen molar-refractivity contribution in [2.75, 3.05) is 7.11 Å². The van der Waals surface area contributed by atoms with E-state index in [2.05, 4.69) is 10.4 Å². The first kappa shape index (κ1) is 25.7. The zero-order valence-electron chi connectivity index (χ0n) is 18.7. The number of benzene rings is 1. The Labute approximate surface area is 202 Å². The summed E-state index contributed by atoms with van der Waals surface area (Å²) in [7, 11) is -1.96. The first-order valence-electron chi connectivity index (χ1n) is 10.6. The van der Waals surface area contributed by atoms with Crippen LogP contribution in [-0.4, -0.2) is 53.4 Å². The van der Waals surface area contributed by atoms with Gasteiger partial charge >= 0.3 is 6.09 Å². The van der Waals surface area contributed by atoms with Crippen molar-refractivity contribution in [1.29, 1.82) is 5.26 Å². The Kier molecular flexibility index (Phi) is 7.65. The van der Waals surface area contributed by atoms with Gasteiger partial charge in [-0.15, -0.1) is 0 Å². The number of halogens is 1. The number of methoxy groups -OCH3 is 1. The van der Waals surface area contributed by atoms with E-state index in [0.29, 0.717) is 37.1 Å². The molecular formula is C22H25ClN4O6S. The maximum absolute atomic E-state index is 12.9. The summed E-state index contributed by atoms with van der Waals surface area (Å²) in [5.74, 6) is 0. The van der Waals surface area contributed by atoms with Gasteiger partial charge in [-0.3, -0.25) is 4.79 Å². The van der Waals surface area contributed by atoms with Crippen LogP contribution in [0.5, 0.6) is 0 Å². The molecule has 2 atom stereocenters. The first-order valence-corrected chi connectivity index (χ1v) is 12.5. The third kappa shape index (κ3) is 5.75. The Bertz CT molecular complexity index is 1280. The minimum atomic E-state index is -3.55. The number of aromatic nitrogens is 2. The Morgan fingerprint density at radius 2 is 2.03 bits per heavy atom. The van der Waals surface area contributed by atoms with Gasteiger partial charge in [-0.25, -0.2) is 13.2 Å². The van der Waals surface area contributed by atoms with E-state index in [1.54, 1.807) is 26.2 Å². The molecule has 1 heterocycles. The van der Waals surface area contributed by atoms with Crippen molar-refractivity contribution in [1.82, 2.24) is 15.1 Å². The standard InChI is InChI=1S/C17H19ClN2O4S.C5H6N2O2/c1-11-3-8-17(21)20(19-11)12-4-7-16(15(18)9-12)25(22,23)14-6-5-13(10-14)24-2;6-3-5(1-2-5)7-4(8)9/h3-4,7-9,13-14H,5-6,10H2,1-2H3;7H,1-2H2,(H,8,9)/t13-,14-;/m1./s1. The van der Waals surface area contributed by atoms with E-state index >= 15 is 0 Å². The predicted octanol–water partition coefficient (Wildman–Crippen LogP) is 2.85. The van der Waals surface area contributed by atoms with Crippen LogP contribution in [0, 0.1) is 18.3 Å². The summed E-state index contributed by atoms with van der Waals surface area (Å²) in [5.41, 5.74) is 0.0603. The van der Waals surface area contributed by atoms with Gasteiger partial charge in [0.05, 0.1) is 38.7 Å². The van der Waals surface area contributed by atoms with E-state index in [-0.39, 0.29) is 21.6 Å². The van der Waals surface area contributed by atoms with Gasteiger partial charge in [-0.05, 0) is 63.3 Å². The third-order valence-corrected chi connectivity index (χ3v) is 8.52. The molecule has 0 bridgehead atoms. The SMILES string of the molecule is CO[C@@H]1CC[C@@H](S(=O)(=O)c2ccc(-n3nc(C)ccc3=O)cc2Cl)C1.N#CC1(NC(=O)O)CC1. The summed E-state index contributed by atoms with van der Waals surface area (Å²) < 4.78 is 32.2. The lowest BCUT2D eigenvalue weighted by molar-refractivity contribution is 0.109. The highest BCUT2D eigenvalue weighted by atomic mass is 35.5. The minimum Gasteiger partial charge on any atom is -0.465 e. The molecule has 0 spiro atoms. The van der Waals surface area contributed by atoms with Crippen LogP contribution >= 0.6 is 11.6 Å². The van der Waals surface area contributed by atoms with Crippen LogP contribution in [0.2, 0.25) is 5.02 Å². The summed E-state index contributed by atoms with van der Waals surface area (Å²) in [4.78, 5) is 22.0. The highest BCUT2D eigenvalue weighted by Crippen LogP contribution is 2.35. The average Bonchev–Trinajstić information content (AvgIpc) is 3.37. The van der Waals surface area contributed by atoms with E-state index in [9.17, 15) is 18.0 Å². The van der Waals surface area contributed by atoms with Gasteiger partial charge in [0.2, 0.25) is 0 Å². The summed E-state index contributed by atoms with van der Waals surface area (Å²) in [6.07, 6.45) is 1.89. The molecule has 10 nitrogen and oxygen atoms in total. The quantitative estimate of drug-likeness (QED) is 0.625. The largest absolute Gasteiger partial charge is 0.465 e. The van der Waals surface area contributed by atoms with Crippen molar-refractivity contribution in [3.05, 3.63) is 51.4 Å². The summed E-state index contributed by atoms with van der Waals surface area (Å²) >= 11 is 6.25. The Morgan fingerprint density at radius 3 is 2.53 bits per heavy atom. The van der Waals surface area contributed by atoms with Crippen molar-refractivity contribution >= 4 is 27.5 Å². The molecule has 1 aromatic carbocycles. The molecule has 12 heteroatoms. The van der Waals surface area contributed by atoms with E-state index in [1.807, 2.05) is 6.07 Å². The second kappa shape index (κ2) is 10.1. The molecule has 0 radical (unpaired) electrons. The first-order chi connectivity index (χ1) is 16.0. The maximum Gasteiger partial charge on any atom is 0.405 e. The molecule has 182 valence electrons. The van der Waals surface area contributed by atoms with Crippen LogP contribution in [0.25, 0.3) is 5.69 Å². The molecule has 2 aliphatic carbocycles. The molecule has 2 N–H and O–H groups in total. The molecule has 2 saturated carbocycles. The minimum absolute atomic E-state index is 0.0344. The van der Waals surface area contributed by atoms with E-state index in [0.717, 1.165) is 6.42 Å². The lowest BCUT2D eigenvalue weighted by Crippen LogP contribution is -2.33. The number of nitrogens with one attached hydrogen (secondary N) is 1. The molecule has 1 aromatic heterocycles.